The van der Waals surface area contributed by atoms with Crippen LogP contribution in [-0.2, 0) is 13.0 Å². The summed E-state index contributed by atoms with van der Waals surface area (Å²) in [6.45, 7) is 0.345. The minimum absolute atomic E-state index is 0.160. The normalized spacial score (nSPS) is 12.9. The number of alkyl halides is 3. The minimum Gasteiger partial charge on any atom is -0.467 e. The maximum Gasteiger partial charge on any atom is 0.390 e. The van der Waals surface area contributed by atoms with Gasteiger partial charge in [-0.15, -0.1) is 6.42 Å². The van der Waals surface area contributed by atoms with Crippen LogP contribution in [0, 0.1) is 12.3 Å². The fourth-order valence-electron chi connectivity index (χ4n) is 2.71. The molecule has 3 heterocycles. The van der Waals surface area contributed by atoms with Crippen LogP contribution in [-0.4, -0.2) is 17.2 Å². The van der Waals surface area contributed by atoms with Gasteiger partial charge in [0.2, 0.25) is 0 Å². The summed E-state index contributed by atoms with van der Waals surface area (Å²) in [5, 5.41) is 3.26. The average molecular weight is 398 g/mol. The Bertz CT molecular complexity index is 975. The van der Waals surface area contributed by atoms with Crippen molar-refractivity contribution in [2.75, 3.05) is 5.32 Å². The standard InChI is InChI=1S/C18H15ClF3N3O2/c1-2-12-14(6-10(23)8-18(20,21)22)27-17-13(7-15(19)25-16(12)17)24-9-11-4-3-5-26-11/h1,3-5,7,10H,6,8-9,23H2,(H,24,25)/t10-/m1/s1. The summed E-state index contributed by atoms with van der Waals surface area (Å²) in [5.41, 5.74) is 6.93. The summed E-state index contributed by atoms with van der Waals surface area (Å²) in [6, 6.07) is 3.88. The number of furan rings is 2. The number of hydrogen-bond donors (Lipinski definition) is 2. The van der Waals surface area contributed by atoms with Crippen molar-refractivity contribution in [3.63, 3.8) is 0 Å². The van der Waals surface area contributed by atoms with E-state index in [4.69, 9.17) is 32.6 Å². The first-order chi connectivity index (χ1) is 12.8. The van der Waals surface area contributed by atoms with E-state index in [1.165, 1.54) is 12.3 Å². The second kappa shape index (κ2) is 7.55. The van der Waals surface area contributed by atoms with E-state index in [-0.39, 0.29) is 22.9 Å². The van der Waals surface area contributed by atoms with Gasteiger partial charge in [0.15, 0.2) is 5.58 Å². The molecule has 0 aliphatic carbocycles. The largest absolute Gasteiger partial charge is 0.467 e. The summed E-state index contributed by atoms with van der Waals surface area (Å²) in [7, 11) is 0. The van der Waals surface area contributed by atoms with Gasteiger partial charge in [-0.25, -0.2) is 4.98 Å². The summed E-state index contributed by atoms with van der Waals surface area (Å²) < 4.78 is 48.6. The van der Waals surface area contributed by atoms with Crippen LogP contribution < -0.4 is 11.1 Å². The molecule has 3 N–H and O–H groups in total. The van der Waals surface area contributed by atoms with Crippen molar-refractivity contribution in [1.29, 1.82) is 0 Å². The number of terminal acetylenes is 1. The van der Waals surface area contributed by atoms with Gasteiger partial charge < -0.3 is 19.9 Å². The molecule has 3 aromatic rings. The molecule has 0 bridgehead atoms. The van der Waals surface area contributed by atoms with E-state index < -0.39 is 18.6 Å². The topological polar surface area (TPSA) is 77.2 Å². The molecule has 3 rings (SSSR count). The lowest BCUT2D eigenvalue weighted by Gasteiger charge is -2.12. The Labute approximate surface area is 157 Å². The van der Waals surface area contributed by atoms with Crippen LogP contribution in [0.1, 0.15) is 23.5 Å². The Balaban J connectivity index is 1.94. The first-order valence-electron chi connectivity index (χ1n) is 7.94. The molecule has 0 fully saturated rings. The predicted molar refractivity (Wildman–Crippen MR) is 95.3 cm³/mol. The number of nitrogens with two attached hydrogens (primary N) is 1. The molecule has 0 saturated heterocycles. The predicted octanol–water partition coefficient (Wildman–Crippen LogP) is 4.49. The van der Waals surface area contributed by atoms with Gasteiger partial charge in [-0.1, -0.05) is 17.5 Å². The SMILES string of the molecule is C#Cc1c(C[C@@H](N)CC(F)(F)F)oc2c(NCc3ccco3)cc(Cl)nc12. The number of nitrogens with zero attached hydrogens (tertiary/aromatic N) is 1. The molecule has 5 nitrogen and oxygen atoms in total. The molecule has 9 heteroatoms. The van der Waals surface area contributed by atoms with Crippen molar-refractivity contribution in [1.82, 2.24) is 4.98 Å². The molecule has 1 atom stereocenters. The second-order valence-electron chi connectivity index (χ2n) is 5.93. The van der Waals surface area contributed by atoms with Crippen LogP contribution in [0.15, 0.2) is 33.3 Å². The fraction of sp³-hybridized carbons (Fsp3) is 0.278. The lowest BCUT2D eigenvalue weighted by Crippen LogP contribution is -2.29. The molecular formula is C18H15ClF3N3O2. The van der Waals surface area contributed by atoms with Crippen LogP contribution in [0.5, 0.6) is 0 Å². The number of halogens is 4. The summed E-state index contributed by atoms with van der Waals surface area (Å²) >= 11 is 6.06. The molecule has 0 spiro atoms. The Morgan fingerprint density at radius 1 is 1.41 bits per heavy atom. The van der Waals surface area contributed by atoms with Crippen molar-refractivity contribution in [3.8, 4) is 12.3 Å². The minimum atomic E-state index is -4.38. The molecule has 0 saturated carbocycles. The van der Waals surface area contributed by atoms with Gasteiger partial charge in [-0.3, -0.25) is 0 Å². The molecule has 0 amide bonds. The maximum atomic E-state index is 12.5. The van der Waals surface area contributed by atoms with Gasteiger partial charge in [0.05, 0.1) is 30.5 Å². The highest BCUT2D eigenvalue weighted by Gasteiger charge is 2.31. The molecule has 0 aliphatic heterocycles. The van der Waals surface area contributed by atoms with E-state index in [9.17, 15) is 13.2 Å². The zero-order chi connectivity index (χ0) is 19.6. The first-order valence-corrected chi connectivity index (χ1v) is 8.31. The number of pyridine rings is 1. The van der Waals surface area contributed by atoms with Gasteiger partial charge in [0.1, 0.15) is 22.2 Å². The first kappa shape index (κ1) is 19.1. The van der Waals surface area contributed by atoms with Gasteiger partial charge in [0.25, 0.3) is 0 Å². The molecule has 0 unspecified atom stereocenters. The quantitative estimate of drug-likeness (QED) is 0.473. The lowest BCUT2D eigenvalue weighted by atomic mass is 10.1. The monoisotopic (exact) mass is 397 g/mol. The van der Waals surface area contributed by atoms with Crippen LogP contribution in [0.2, 0.25) is 5.15 Å². The van der Waals surface area contributed by atoms with E-state index in [2.05, 4.69) is 16.2 Å². The van der Waals surface area contributed by atoms with Crippen molar-refractivity contribution < 1.29 is 22.0 Å². The number of fused-ring (bicyclic) bond motifs is 1. The number of aromatic nitrogens is 1. The highest BCUT2D eigenvalue weighted by Crippen LogP contribution is 2.33. The molecule has 3 aromatic heterocycles. The zero-order valence-electron chi connectivity index (χ0n) is 13.9. The van der Waals surface area contributed by atoms with Crippen molar-refractivity contribution >= 4 is 28.4 Å². The number of hydrogen-bond acceptors (Lipinski definition) is 5. The van der Waals surface area contributed by atoms with E-state index in [0.717, 1.165) is 0 Å². The fourth-order valence-corrected chi connectivity index (χ4v) is 2.90. The maximum absolute atomic E-state index is 12.5. The Kier molecular flexibility index (Phi) is 5.35. The third-order valence-corrected chi connectivity index (χ3v) is 4.00. The third-order valence-electron chi connectivity index (χ3n) is 3.80. The Hall–Kier alpha value is -2.63. The molecule has 142 valence electrons. The molecule has 0 radical (unpaired) electrons. The second-order valence-corrected chi connectivity index (χ2v) is 6.32. The lowest BCUT2D eigenvalue weighted by molar-refractivity contribution is -0.138. The molecule has 0 aliphatic rings. The van der Waals surface area contributed by atoms with Crippen LogP contribution >= 0.6 is 11.6 Å². The van der Waals surface area contributed by atoms with E-state index in [1.807, 2.05) is 0 Å². The van der Waals surface area contributed by atoms with Crippen molar-refractivity contribution in [3.05, 3.63) is 46.7 Å². The van der Waals surface area contributed by atoms with Gasteiger partial charge in [0, 0.05) is 18.5 Å². The van der Waals surface area contributed by atoms with Gasteiger partial charge in [-0.05, 0) is 12.1 Å². The van der Waals surface area contributed by atoms with Crippen molar-refractivity contribution in [2.24, 2.45) is 5.73 Å². The Morgan fingerprint density at radius 3 is 2.81 bits per heavy atom. The Morgan fingerprint density at radius 2 is 2.19 bits per heavy atom. The highest BCUT2D eigenvalue weighted by molar-refractivity contribution is 6.30. The van der Waals surface area contributed by atoms with E-state index >= 15 is 0 Å². The summed E-state index contributed by atoms with van der Waals surface area (Å²) in [5.74, 6) is 3.25. The van der Waals surface area contributed by atoms with Crippen LogP contribution in [0.3, 0.4) is 0 Å². The zero-order valence-corrected chi connectivity index (χ0v) is 14.7. The molecule has 27 heavy (non-hydrogen) atoms. The van der Waals surface area contributed by atoms with Crippen LogP contribution in [0.25, 0.3) is 11.1 Å². The molecule has 0 aromatic carbocycles. The van der Waals surface area contributed by atoms with Gasteiger partial charge in [-0.2, -0.15) is 13.2 Å². The van der Waals surface area contributed by atoms with E-state index in [0.29, 0.717) is 29.1 Å². The van der Waals surface area contributed by atoms with Crippen LogP contribution in [0.4, 0.5) is 18.9 Å². The highest BCUT2D eigenvalue weighted by atomic mass is 35.5. The number of rotatable bonds is 6. The summed E-state index contributed by atoms with van der Waals surface area (Å²) in [6.07, 6.45) is 1.36. The smallest absolute Gasteiger partial charge is 0.390 e. The number of anilines is 1. The molecular weight excluding hydrogens is 383 g/mol. The van der Waals surface area contributed by atoms with E-state index in [1.54, 1.807) is 12.1 Å². The van der Waals surface area contributed by atoms with Gasteiger partial charge >= 0.3 is 6.18 Å². The average Bonchev–Trinajstić information content (AvgIpc) is 3.18. The summed E-state index contributed by atoms with van der Waals surface area (Å²) in [4.78, 5) is 4.16. The number of nitrogens with one attached hydrogen (secondary N) is 1. The van der Waals surface area contributed by atoms with Crippen molar-refractivity contribution in [2.45, 2.75) is 31.6 Å². The third kappa shape index (κ3) is 4.56.